The number of carbonyl (C=O) groups is 3. The number of nitrogens with two attached hydrogens (primary N) is 3. The molecule has 1 amide bonds. The molecule has 4 aromatic rings. The maximum absolute atomic E-state index is 13.3. The summed E-state index contributed by atoms with van der Waals surface area (Å²) in [6.45, 7) is 7.44. The summed E-state index contributed by atoms with van der Waals surface area (Å²) < 4.78 is 7.04. The summed E-state index contributed by atoms with van der Waals surface area (Å²) in [5.74, 6) is -0.151. The standard InChI is InChI=1S/C28H34N8O4.C3H6O/c1-3-10-31-11-12-32-27-24(26(30)33-16-34-27)25(29)18-8-9-19(22(14-18)40-2)35-28(39)21-13-17-6-4-5-7-20(17)36(21)15-23(37)38;1-3(2)4/h4-9,13-14,16,25,31H,3,10-12,15,29H2,1-2H3,(H,35,39)(H,37,38)(H3,30,32,33,34);1-2H3/p+1. The van der Waals surface area contributed by atoms with Crippen LogP contribution in [-0.4, -0.2) is 64.0 Å². The number of aliphatic carboxylic acids is 1. The van der Waals surface area contributed by atoms with Crippen LogP contribution in [0.1, 0.15) is 54.8 Å². The highest BCUT2D eigenvalue weighted by molar-refractivity contribution is 6.07. The van der Waals surface area contributed by atoms with Crippen LogP contribution < -0.4 is 32.2 Å². The highest BCUT2D eigenvalue weighted by Crippen LogP contribution is 2.34. The van der Waals surface area contributed by atoms with Crippen LogP contribution >= 0.6 is 0 Å². The summed E-state index contributed by atoms with van der Waals surface area (Å²) in [5.41, 5.74) is 15.4. The molecule has 44 heavy (non-hydrogen) atoms. The molecule has 0 saturated heterocycles. The van der Waals surface area contributed by atoms with E-state index < -0.39 is 17.9 Å². The first-order valence-corrected chi connectivity index (χ1v) is 14.2. The number of hydrogen-bond donors (Lipinski definition) is 6. The van der Waals surface area contributed by atoms with E-state index in [1.54, 1.807) is 36.4 Å². The van der Waals surface area contributed by atoms with E-state index in [1.807, 2.05) is 12.1 Å². The molecule has 234 valence electrons. The molecule has 0 aliphatic carbocycles. The fourth-order valence-electron chi connectivity index (χ4n) is 4.56. The number of methoxy groups -OCH3 is 1. The van der Waals surface area contributed by atoms with Gasteiger partial charge in [-0.3, -0.25) is 9.59 Å². The van der Waals surface area contributed by atoms with Crippen LogP contribution in [-0.2, 0) is 16.1 Å². The quantitative estimate of drug-likeness (QED) is 0.123. The van der Waals surface area contributed by atoms with Crippen LogP contribution in [0.4, 0.5) is 17.3 Å². The number of quaternary nitrogens is 1. The summed E-state index contributed by atoms with van der Waals surface area (Å²) in [5, 5.41) is 18.5. The lowest BCUT2D eigenvalue weighted by molar-refractivity contribution is -0.652. The second-order valence-electron chi connectivity index (χ2n) is 10.2. The van der Waals surface area contributed by atoms with Gasteiger partial charge < -0.3 is 46.6 Å². The zero-order valence-electron chi connectivity index (χ0n) is 25.5. The van der Waals surface area contributed by atoms with Crippen LogP contribution in [0.5, 0.6) is 5.75 Å². The zero-order valence-corrected chi connectivity index (χ0v) is 25.5. The number of carbonyl (C=O) groups excluding carboxylic acids is 2. The molecule has 1 atom stereocenters. The maximum atomic E-state index is 13.3. The van der Waals surface area contributed by atoms with Gasteiger partial charge in [-0.15, -0.1) is 0 Å². The molecule has 0 bridgehead atoms. The minimum Gasteiger partial charge on any atom is -0.495 e. The Labute approximate surface area is 256 Å². The Hall–Kier alpha value is -5.01. The van der Waals surface area contributed by atoms with Crippen LogP contribution in [0.15, 0.2) is 54.9 Å². The topological polar surface area (TPSA) is 204 Å². The van der Waals surface area contributed by atoms with Crippen molar-refractivity contribution in [1.29, 1.82) is 0 Å². The normalized spacial score (nSPS) is 11.3. The Morgan fingerprint density at radius 3 is 2.50 bits per heavy atom. The van der Waals surface area contributed by atoms with E-state index in [4.69, 9.17) is 16.2 Å². The lowest BCUT2D eigenvalue weighted by atomic mass is 9.99. The molecule has 0 saturated carbocycles. The van der Waals surface area contributed by atoms with Gasteiger partial charge in [0.25, 0.3) is 5.91 Å². The van der Waals surface area contributed by atoms with Gasteiger partial charge in [0.15, 0.2) is 0 Å². The zero-order chi connectivity index (χ0) is 32.2. The van der Waals surface area contributed by atoms with Crippen molar-refractivity contribution in [2.24, 2.45) is 5.73 Å². The number of para-hydroxylation sites is 1. The van der Waals surface area contributed by atoms with E-state index in [0.29, 0.717) is 40.4 Å². The minimum absolute atomic E-state index is 0.167. The van der Waals surface area contributed by atoms with Crippen molar-refractivity contribution in [3.05, 3.63) is 71.7 Å². The van der Waals surface area contributed by atoms with Gasteiger partial charge in [0.05, 0.1) is 44.0 Å². The molecule has 13 heteroatoms. The van der Waals surface area contributed by atoms with Gasteiger partial charge in [0, 0.05) is 10.9 Å². The number of hydrogen-bond acceptors (Lipinski definition) is 9. The average Bonchev–Trinajstić information content (AvgIpc) is 3.34. The fraction of sp³-hybridized carbons (Fsp3) is 0.323. The van der Waals surface area contributed by atoms with Crippen molar-refractivity contribution in [1.82, 2.24) is 14.5 Å². The maximum Gasteiger partial charge on any atom is 0.323 e. The third-order valence-electron chi connectivity index (χ3n) is 6.53. The monoisotopic (exact) mass is 605 g/mol. The van der Waals surface area contributed by atoms with Gasteiger partial charge >= 0.3 is 5.97 Å². The lowest BCUT2D eigenvalue weighted by Crippen LogP contribution is -2.85. The molecule has 2 heterocycles. The third kappa shape index (κ3) is 8.75. The molecule has 0 fully saturated rings. The SMILES string of the molecule is CC(C)=O.CCC[NH2+]CCNc1ncnc(N)c1C(N)c1ccc(NC(=O)c2cc3ccccc3n2CC(=O)O)c(OC)c1. The number of anilines is 3. The molecule has 2 aromatic heterocycles. The molecule has 0 aliphatic rings. The number of ketones is 1. The molecule has 0 aliphatic heterocycles. The van der Waals surface area contributed by atoms with E-state index in [0.717, 1.165) is 24.9 Å². The predicted octanol–water partition coefficient (Wildman–Crippen LogP) is 2.39. The molecule has 4 rings (SSSR count). The van der Waals surface area contributed by atoms with Gasteiger partial charge in [0.2, 0.25) is 0 Å². The summed E-state index contributed by atoms with van der Waals surface area (Å²) in [6, 6.07) is 13.4. The van der Waals surface area contributed by atoms with Crippen molar-refractivity contribution in [2.45, 2.75) is 39.8 Å². The Morgan fingerprint density at radius 1 is 1.09 bits per heavy atom. The molecule has 2 aromatic carbocycles. The number of rotatable bonds is 13. The second-order valence-corrected chi connectivity index (χ2v) is 10.2. The number of nitrogen functional groups attached to an aromatic ring is 1. The van der Waals surface area contributed by atoms with Crippen molar-refractivity contribution >= 4 is 45.9 Å². The summed E-state index contributed by atoms with van der Waals surface area (Å²) in [4.78, 5) is 42.7. The minimum atomic E-state index is -1.05. The van der Waals surface area contributed by atoms with Gasteiger partial charge in [-0.25, -0.2) is 9.97 Å². The number of Topliss-reactive ketones (excluding diaryl/α,β-unsaturated/α-hetero) is 1. The average molecular weight is 606 g/mol. The van der Waals surface area contributed by atoms with Crippen molar-refractivity contribution in [2.75, 3.05) is 43.1 Å². The van der Waals surface area contributed by atoms with Crippen molar-refractivity contribution < 1.29 is 29.5 Å². The van der Waals surface area contributed by atoms with Crippen molar-refractivity contribution in [3.63, 3.8) is 0 Å². The number of fused-ring (bicyclic) bond motifs is 1. The number of ether oxygens (including phenoxy) is 1. The van der Waals surface area contributed by atoms with Gasteiger partial charge in [-0.1, -0.05) is 31.2 Å². The third-order valence-corrected chi connectivity index (χ3v) is 6.53. The summed E-state index contributed by atoms with van der Waals surface area (Å²) in [7, 11) is 1.49. The Morgan fingerprint density at radius 2 is 1.82 bits per heavy atom. The number of amides is 1. The lowest BCUT2D eigenvalue weighted by Gasteiger charge is -2.20. The summed E-state index contributed by atoms with van der Waals surface area (Å²) >= 11 is 0. The molecule has 9 N–H and O–H groups in total. The first-order valence-electron chi connectivity index (χ1n) is 14.2. The van der Waals surface area contributed by atoms with Crippen molar-refractivity contribution in [3.8, 4) is 5.75 Å². The molecular weight excluding hydrogens is 564 g/mol. The first-order chi connectivity index (χ1) is 21.1. The van der Waals surface area contributed by atoms with Gasteiger partial charge in [-0.2, -0.15) is 0 Å². The van der Waals surface area contributed by atoms with E-state index in [1.165, 1.54) is 31.9 Å². The molecule has 0 radical (unpaired) electrons. The largest absolute Gasteiger partial charge is 0.495 e. The van der Waals surface area contributed by atoms with Crippen LogP contribution in [0, 0.1) is 0 Å². The predicted molar refractivity (Wildman–Crippen MR) is 170 cm³/mol. The van der Waals surface area contributed by atoms with Crippen LogP contribution in [0.2, 0.25) is 0 Å². The fourth-order valence-corrected chi connectivity index (χ4v) is 4.56. The highest BCUT2D eigenvalue weighted by atomic mass is 16.5. The summed E-state index contributed by atoms with van der Waals surface area (Å²) in [6.07, 6.45) is 2.49. The number of nitrogens with zero attached hydrogens (tertiary/aromatic N) is 3. The second kappa shape index (κ2) is 16.0. The van der Waals surface area contributed by atoms with E-state index in [9.17, 15) is 19.5 Å². The van der Waals surface area contributed by atoms with Gasteiger partial charge in [0.1, 0.15) is 41.7 Å². The molecule has 13 nitrogen and oxygen atoms in total. The highest BCUT2D eigenvalue weighted by Gasteiger charge is 2.22. The Bertz CT molecular complexity index is 1600. The smallest absolute Gasteiger partial charge is 0.323 e. The number of aromatic nitrogens is 3. The first kappa shape index (κ1) is 33.5. The van der Waals surface area contributed by atoms with E-state index >= 15 is 0 Å². The van der Waals surface area contributed by atoms with Gasteiger partial charge in [-0.05, 0) is 50.1 Å². The van der Waals surface area contributed by atoms with E-state index in [2.05, 4.69) is 32.8 Å². The Balaban J connectivity index is 0.00000124. The number of carboxylic acids is 1. The van der Waals surface area contributed by atoms with Crippen LogP contribution in [0.25, 0.3) is 10.9 Å². The van der Waals surface area contributed by atoms with Crippen LogP contribution in [0.3, 0.4) is 0 Å². The Kier molecular flexibility index (Phi) is 12.2. The molecule has 0 spiro atoms. The van der Waals surface area contributed by atoms with E-state index in [-0.39, 0.29) is 23.8 Å². The molecular formula is C31H41N8O5+. The number of benzene rings is 2. The molecule has 1 unspecified atom stereocenters. The number of nitrogens with one attached hydrogen (secondary N) is 2. The number of carboxylic acid groups (broad SMARTS) is 1.